The number of hydrogen-bond acceptors (Lipinski definition) is 5. The fourth-order valence-corrected chi connectivity index (χ4v) is 4.62. The van der Waals surface area contributed by atoms with Crippen molar-refractivity contribution in [3.63, 3.8) is 0 Å². The minimum absolute atomic E-state index is 0.0378. The Hall–Kier alpha value is -2.25. The first-order valence-corrected chi connectivity index (χ1v) is 9.77. The van der Waals surface area contributed by atoms with Gasteiger partial charge in [-0.3, -0.25) is 9.69 Å². The summed E-state index contributed by atoms with van der Waals surface area (Å²) in [5.41, 5.74) is 1.88. The van der Waals surface area contributed by atoms with E-state index in [1.54, 1.807) is 18.1 Å². The maximum atomic E-state index is 13.1. The molecular weight excluding hydrogens is 352 g/mol. The summed E-state index contributed by atoms with van der Waals surface area (Å²) in [5, 5.41) is 8.78. The van der Waals surface area contributed by atoms with Crippen LogP contribution in [-0.4, -0.2) is 26.4 Å². The summed E-state index contributed by atoms with van der Waals surface area (Å²) in [6.45, 7) is 2.82. The number of amides is 1. The molecule has 0 aliphatic carbocycles. The lowest BCUT2D eigenvalue weighted by atomic mass is 10.2. The van der Waals surface area contributed by atoms with Gasteiger partial charge in [-0.05, 0) is 31.2 Å². The predicted octanol–water partition coefficient (Wildman–Crippen LogP) is 4.22. The first-order valence-electron chi connectivity index (χ1n) is 7.97. The quantitative estimate of drug-likeness (QED) is 0.646. The summed E-state index contributed by atoms with van der Waals surface area (Å²) in [5.74, 6) is 0.349. The summed E-state index contributed by atoms with van der Waals surface area (Å²) in [6, 6.07) is 16.0. The Labute approximate surface area is 154 Å². The second-order valence-corrected chi connectivity index (χ2v) is 7.48. The Morgan fingerprint density at radius 1 is 1.08 bits per heavy atom. The minimum Gasteiger partial charge on any atom is -0.309 e. The minimum atomic E-state index is 0.0378. The Morgan fingerprint density at radius 3 is 2.36 bits per heavy atom. The Balaban J connectivity index is 1.64. The lowest BCUT2D eigenvalue weighted by molar-refractivity contribution is -0.115. The number of carbonyl (C=O) groups is 1. The van der Waals surface area contributed by atoms with Gasteiger partial charge in [-0.1, -0.05) is 47.8 Å². The first kappa shape index (κ1) is 16.2. The summed E-state index contributed by atoms with van der Waals surface area (Å²) in [4.78, 5) is 17.1. The smallest absolute Gasteiger partial charge is 0.242 e. The van der Waals surface area contributed by atoms with Gasteiger partial charge in [-0.2, -0.15) is 0 Å². The van der Waals surface area contributed by atoms with Crippen molar-refractivity contribution < 1.29 is 4.79 Å². The topological polar surface area (TPSA) is 51.0 Å². The fraction of sp³-hybridized carbons (Fsp3) is 0.167. The van der Waals surface area contributed by atoms with Crippen molar-refractivity contribution in [2.75, 3.05) is 10.7 Å². The van der Waals surface area contributed by atoms with Crippen molar-refractivity contribution >= 4 is 40.8 Å². The monoisotopic (exact) mass is 368 g/mol. The van der Waals surface area contributed by atoms with Crippen LogP contribution in [0.4, 0.5) is 11.4 Å². The van der Waals surface area contributed by atoms with E-state index in [1.165, 1.54) is 11.8 Å². The summed E-state index contributed by atoms with van der Waals surface area (Å²) >= 11 is 3.12. The molecule has 0 unspecified atom stereocenters. The van der Waals surface area contributed by atoms with Gasteiger partial charge in [0, 0.05) is 16.3 Å². The van der Waals surface area contributed by atoms with Gasteiger partial charge in [0.25, 0.3) is 0 Å². The molecule has 1 aliphatic rings. The Bertz CT molecular complexity index is 879. The third-order valence-electron chi connectivity index (χ3n) is 3.93. The van der Waals surface area contributed by atoms with E-state index in [-0.39, 0.29) is 5.91 Å². The number of thioether (sulfide) groups is 1. The molecule has 0 radical (unpaired) electrons. The van der Waals surface area contributed by atoms with Gasteiger partial charge in [0.1, 0.15) is 6.33 Å². The number of fused-ring (bicyclic) bond motifs is 2. The molecular formula is C18H16N4OS2. The number of hydrogen-bond donors (Lipinski definition) is 0. The number of rotatable bonds is 4. The van der Waals surface area contributed by atoms with Crippen LogP contribution in [0.3, 0.4) is 0 Å². The van der Waals surface area contributed by atoms with Crippen molar-refractivity contribution in [3.05, 3.63) is 54.9 Å². The molecule has 126 valence electrons. The van der Waals surface area contributed by atoms with Gasteiger partial charge < -0.3 is 4.57 Å². The molecule has 1 aliphatic heterocycles. The molecule has 2 heterocycles. The van der Waals surface area contributed by atoms with Crippen LogP contribution in [0.1, 0.15) is 6.92 Å². The molecule has 0 bridgehead atoms. The molecule has 1 amide bonds. The summed E-state index contributed by atoms with van der Waals surface area (Å²) in [6.07, 6.45) is 1.69. The van der Waals surface area contributed by atoms with E-state index in [0.29, 0.717) is 5.75 Å². The highest BCUT2D eigenvalue weighted by Crippen LogP contribution is 2.48. The van der Waals surface area contributed by atoms with Crippen LogP contribution in [0.15, 0.2) is 69.8 Å². The number of carbonyl (C=O) groups excluding carboxylic acids is 1. The van der Waals surface area contributed by atoms with Gasteiger partial charge in [0.15, 0.2) is 5.16 Å². The highest BCUT2D eigenvalue weighted by Gasteiger charge is 2.27. The molecule has 2 aromatic carbocycles. The molecule has 1 aromatic heterocycles. The third-order valence-corrected chi connectivity index (χ3v) is 6.02. The Morgan fingerprint density at radius 2 is 1.72 bits per heavy atom. The van der Waals surface area contributed by atoms with E-state index < -0.39 is 0 Å². The van der Waals surface area contributed by atoms with E-state index in [4.69, 9.17) is 0 Å². The predicted molar refractivity (Wildman–Crippen MR) is 101 cm³/mol. The fourth-order valence-electron chi connectivity index (χ4n) is 2.74. The highest BCUT2D eigenvalue weighted by molar-refractivity contribution is 8.00. The second kappa shape index (κ2) is 6.93. The average Bonchev–Trinajstić information content (AvgIpc) is 3.11. The lowest BCUT2D eigenvalue weighted by Gasteiger charge is -2.30. The zero-order chi connectivity index (χ0) is 17.2. The van der Waals surface area contributed by atoms with Crippen molar-refractivity contribution in [3.8, 4) is 0 Å². The van der Waals surface area contributed by atoms with Gasteiger partial charge in [0.2, 0.25) is 5.91 Å². The molecule has 5 nitrogen and oxygen atoms in total. The normalized spacial score (nSPS) is 12.6. The van der Waals surface area contributed by atoms with E-state index in [1.807, 2.05) is 52.8 Å². The van der Waals surface area contributed by atoms with Crippen LogP contribution >= 0.6 is 23.5 Å². The van der Waals surface area contributed by atoms with Crippen LogP contribution in [0, 0.1) is 0 Å². The van der Waals surface area contributed by atoms with Crippen LogP contribution in [-0.2, 0) is 11.3 Å². The summed E-state index contributed by atoms with van der Waals surface area (Å²) in [7, 11) is 0. The molecule has 0 atom stereocenters. The van der Waals surface area contributed by atoms with Crippen molar-refractivity contribution in [1.29, 1.82) is 0 Å². The number of nitrogens with zero attached hydrogens (tertiary/aromatic N) is 4. The Kier molecular flexibility index (Phi) is 4.50. The van der Waals surface area contributed by atoms with Crippen LogP contribution in [0.5, 0.6) is 0 Å². The molecule has 3 aromatic rings. The molecule has 0 saturated heterocycles. The molecule has 0 spiro atoms. The van der Waals surface area contributed by atoms with Crippen LogP contribution < -0.4 is 4.90 Å². The molecule has 0 fully saturated rings. The van der Waals surface area contributed by atoms with Gasteiger partial charge in [0.05, 0.1) is 17.1 Å². The molecule has 4 rings (SSSR count). The second-order valence-electron chi connectivity index (χ2n) is 5.45. The van der Waals surface area contributed by atoms with Crippen LogP contribution in [0.25, 0.3) is 0 Å². The molecule has 25 heavy (non-hydrogen) atoms. The number of anilines is 2. The zero-order valence-electron chi connectivity index (χ0n) is 13.6. The number of aromatic nitrogens is 3. The largest absolute Gasteiger partial charge is 0.309 e. The maximum Gasteiger partial charge on any atom is 0.242 e. The highest BCUT2D eigenvalue weighted by atomic mass is 32.2. The lowest BCUT2D eigenvalue weighted by Crippen LogP contribution is -2.30. The van der Waals surface area contributed by atoms with Gasteiger partial charge >= 0.3 is 0 Å². The standard InChI is InChI=1S/C18H16N4OS2/c1-2-21-12-19-20-18(21)24-11-17(23)22-13-7-3-5-9-15(13)25-16-10-6-4-8-14(16)22/h3-10,12H,2,11H2,1H3. The van der Waals surface area contributed by atoms with Crippen molar-refractivity contribution in [2.24, 2.45) is 0 Å². The molecule has 7 heteroatoms. The van der Waals surface area contributed by atoms with Crippen molar-refractivity contribution in [2.45, 2.75) is 28.4 Å². The maximum absolute atomic E-state index is 13.1. The number of para-hydroxylation sites is 2. The number of aryl methyl sites for hydroxylation is 1. The summed E-state index contributed by atoms with van der Waals surface area (Å²) < 4.78 is 1.94. The molecule has 0 saturated carbocycles. The van der Waals surface area contributed by atoms with E-state index in [9.17, 15) is 4.79 Å². The van der Waals surface area contributed by atoms with E-state index in [2.05, 4.69) is 22.3 Å². The van der Waals surface area contributed by atoms with Gasteiger partial charge in [-0.25, -0.2) is 0 Å². The third kappa shape index (κ3) is 3.05. The first-order chi connectivity index (χ1) is 12.3. The molecule has 0 N–H and O–H groups in total. The number of benzene rings is 2. The van der Waals surface area contributed by atoms with E-state index >= 15 is 0 Å². The zero-order valence-corrected chi connectivity index (χ0v) is 15.3. The van der Waals surface area contributed by atoms with Gasteiger partial charge in [-0.15, -0.1) is 10.2 Å². The van der Waals surface area contributed by atoms with Crippen molar-refractivity contribution in [1.82, 2.24) is 14.8 Å². The van der Waals surface area contributed by atoms with E-state index in [0.717, 1.165) is 32.9 Å². The average molecular weight is 368 g/mol. The SMILES string of the molecule is CCn1cnnc1SCC(=O)N1c2ccccc2Sc2ccccc21. The van der Waals surface area contributed by atoms with Crippen LogP contribution in [0.2, 0.25) is 0 Å².